The van der Waals surface area contributed by atoms with Gasteiger partial charge >= 0.3 is 6.18 Å². The molecule has 0 saturated heterocycles. The van der Waals surface area contributed by atoms with Crippen molar-refractivity contribution < 1.29 is 17.6 Å². The minimum Gasteiger partial charge on any atom is -0.384 e. The van der Waals surface area contributed by atoms with Crippen LogP contribution in [0.5, 0.6) is 0 Å². The number of anilines is 1. The molecule has 0 amide bonds. The number of nitrogens with zero attached hydrogens (tertiary/aromatic N) is 1. The molecule has 0 heterocycles. The summed E-state index contributed by atoms with van der Waals surface area (Å²) in [6.07, 6.45) is -4.23. The quantitative estimate of drug-likeness (QED) is 0.653. The van der Waals surface area contributed by atoms with Gasteiger partial charge in [0.1, 0.15) is 6.07 Å². The first-order valence-electron chi connectivity index (χ1n) is 4.90. The van der Waals surface area contributed by atoms with E-state index >= 15 is 0 Å². The molecular weight excluding hydrogens is 236 g/mol. The number of benzene rings is 1. The summed E-state index contributed by atoms with van der Waals surface area (Å²) in [5.74, 6) is 0. The molecule has 0 aliphatic carbocycles. The highest BCUT2D eigenvalue weighted by Gasteiger charge is 2.30. The zero-order valence-electron chi connectivity index (χ0n) is 8.81. The van der Waals surface area contributed by atoms with Crippen molar-refractivity contribution in [3.05, 3.63) is 29.3 Å². The maximum absolute atomic E-state index is 12.4. The Kier molecular flexibility index (Phi) is 4.32. The average Bonchev–Trinajstić information content (AvgIpc) is 2.28. The highest BCUT2D eigenvalue weighted by Crippen LogP contribution is 2.31. The lowest BCUT2D eigenvalue weighted by molar-refractivity contribution is -0.137. The smallest absolute Gasteiger partial charge is 0.384 e. The largest absolute Gasteiger partial charge is 0.416 e. The van der Waals surface area contributed by atoms with Gasteiger partial charge in [-0.2, -0.15) is 18.4 Å². The van der Waals surface area contributed by atoms with E-state index in [-0.39, 0.29) is 24.2 Å². The molecule has 2 nitrogen and oxygen atoms in total. The van der Waals surface area contributed by atoms with Crippen molar-refractivity contribution in [3.8, 4) is 6.07 Å². The van der Waals surface area contributed by atoms with E-state index in [2.05, 4.69) is 5.32 Å². The second kappa shape index (κ2) is 5.53. The summed E-state index contributed by atoms with van der Waals surface area (Å²) >= 11 is 0. The van der Waals surface area contributed by atoms with Crippen molar-refractivity contribution in [1.29, 1.82) is 5.26 Å². The normalized spacial score (nSPS) is 11.0. The Morgan fingerprint density at radius 2 is 2.00 bits per heavy atom. The van der Waals surface area contributed by atoms with Crippen LogP contribution in [0.3, 0.4) is 0 Å². The lowest BCUT2D eigenvalue weighted by atomic mass is 10.1. The van der Waals surface area contributed by atoms with E-state index in [0.29, 0.717) is 0 Å². The first-order chi connectivity index (χ1) is 7.99. The fourth-order valence-electron chi connectivity index (χ4n) is 1.26. The van der Waals surface area contributed by atoms with Crippen LogP contribution in [0.2, 0.25) is 0 Å². The van der Waals surface area contributed by atoms with Gasteiger partial charge in [0.05, 0.1) is 23.5 Å². The molecule has 1 N–H and O–H groups in total. The number of nitrogens with one attached hydrogen (secondary N) is 1. The van der Waals surface area contributed by atoms with Gasteiger partial charge in [-0.25, -0.2) is 0 Å². The van der Waals surface area contributed by atoms with Crippen molar-refractivity contribution in [2.75, 3.05) is 18.5 Å². The topological polar surface area (TPSA) is 35.8 Å². The Bertz CT molecular complexity index is 420. The number of nitriles is 1. The van der Waals surface area contributed by atoms with Crippen molar-refractivity contribution in [1.82, 2.24) is 0 Å². The second-order valence-corrected chi connectivity index (χ2v) is 3.34. The van der Waals surface area contributed by atoms with Gasteiger partial charge in [0.2, 0.25) is 0 Å². The van der Waals surface area contributed by atoms with E-state index in [1.807, 2.05) is 0 Å². The van der Waals surface area contributed by atoms with Crippen molar-refractivity contribution in [2.24, 2.45) is 0 Å². The van der Waals surface area contributed by atoms with Crippen LogP contribution in [-0.2, 0) is 6.18 Å². The van der Waals surface area contributed by atoms with Crippen LogP contribution in [-0.4, -0.2) is 13.2 Å². The summed E-state index contributed by atoms with van der Waals surface area (Å²) in [4.78, 5) is 0. The van der Waals surface area contributed by atoms with Gasteiger partial charge in [-0.3, -0.25) is 4.39 Å². The van der Waals surface area contributed by atoms with Crippen LogP contribution in [0.15, 0.2) is 18.2 Å². The standard InChI is InChI=1S/C11H10F4N2/c12-4-1-5-17-10-3-2-9(11(13,14)15)6-8(10)7-16/h2-3,6,17H,1,4-5H2. The van der Waals surface area contributed by atoms with Gasteiger partial charge in [-0.15, -0.1) is 0 Å². The Morgan fingerprint density at radius 3 is 2.53 bits per heavy atom. The zero-order valence-corrected chi connectivity index (χ0v) is 8.81. The van der Waals surface area contributed by atoms with Crippen LogP contribution in [0.25, 0.3) is 0 Å². The summed E-state index contributed by atoms with van der Waals surface area (Å²) in [6.45, 7) is -0.244. The molecule has 0 bridgehead atoms. The molecule has 17 heavy (non-hydrogen) atoms. The van der Waals surface area contributed by atoms with Crippen LogP contribution in [0.1, 0.15) is 17.5 Å². The second-order valence-electron chi connectivity index (χ2n) is 3.34. The molecule has 1 aromatic carbocycles. The Hall–Kier alpha value is -1.77. The monoisotopic (exact) mass is 246 g/mol. The Balaban J connectivity index is 2.91. The van der Waals surface area contributed by atoms with Gasteiger partial charge in [-0.05, 0) is 24.6 Å². The summed E-state index contributed by atoms with van der Waals surface area (Å²) in [6, 6.07) is 4.52. The van der Waals surface area contributed by atoms with Gasteiger partial charge in [0.25, 0.3) is 0 Å². The third-order valence-electron chi connectivity index (χ3n) is 2.09. The van der Waals surface area contributed by atoms with Crippen LogP contribution < -0.4 is 5.32 Å². The average molecular weight is 246 g/mol. The minimum absolute atomic E-state index is 0.0984. The fraction of sp³-hybridized carbons (Fsp3) is 0.364. The number of alkyl halides is 4. The molecule has 0 aliphatic heterocycles. The van der Waals surface area contributed by atoms with Crippen molar-refractivity contribution in [2.45, 2.75) is 12.6 Å². The molecule has 6 heteroatoms. The Labute approximate surface area is 95.9 Å². The van der Waals surface area contributed by atoms with Gasteiger partial charge in [-0.1, -0.05) is 0 Å². The number of hydrogen-bond donors (Lipinski definition) is 1. The third-order valence-corrected chi connectivity index (χ3v) is 2.09. The van der Waals surface area contributed by atoms with Crippen molar-refractivity contribution in [3.63, 3.8) is 0 Å². The maximum atomic E-state index is 12.4. The summed E-state index contributed by atoms with van der Waals surface area (Å²) < 4.78 is 48.9. The highest BCUT2D eigenvalue weighted by atomic mass is 19.4. The van der Waals surface area contributed by atoms with E-state index in [9.17, 15) is 17.6 Å². The SMILES string of the molecule is N#Cc1cc(C(F)(F)F)ccc1NCCCF. The van der Waals surface area contributed by atoms with Gasteiger partial charge in [0, 0.05) is 6.54 Å². The number of hydrogen-bond acceptors (Lipinski definition) is 2. The predicted molar refractivity (Wildman–Crippen MR) is 55.2 cm³/mol. The molecule has 0 spiro atoms. The molecule has 1 rings (SSSR count). The molecular formula is C11H10F4N2. The molecule has 0 aromatic heterocycles. The van der Waals surface area contributed by atoms with Gasteiger partial charge in [0.15, 0.2) is 0 Å². The molecule has 0 radical (unpaired) electrons. The molecule has 0 unspecified atom stereocenters. The summed E-state index contributed by atoms with van der Waals surface area (Å²) in [5, 5.41) is 11.4. The maximum Gasteiger partial charge on any atom is 0.416 e. The summed E-state index contributed by atoms with van der Waals surface area (Å²) in [7, 11) is 0. The fourth-order valence-corrected chi connectivity index (χ4v) is 1.26. The van der Waals surface area contributed by atoms with Crippen LogP contribution in [0.4, 0.5) is 23.2 Å². The van der Waals surface area contributed by atoms with E-state index in [4.69, 9.17) is 5.26 Å². The third kappa shape index (κ3) is 3.63. The molecule has 0 aliphatic rings. The van der Waals surface area contributed by atoms with Crippen molar-refractivity contribution >= 4 is 5.69 Å². The number of halogens is 4. The van der Waals surface area contributed by atoms with Crippen LogP contribution in [0, 0.1) is 11.3 Å². The lowest BCUT2D eigenvalue weighted by Gasteiger charge is -2.11. The Morgan fingerprint density at radius 1 is 1.29 bits per heavy atom. The van der Waals surface area contributed by atoms with E-state index < -0.39 is 18.4 Å². The molecule has 0 fully saturated rings. The molecule has 92 valence electrons. The van der Waals surface area contributed by atoms with E-state index in [0.717, 1.165) is 12.1 Å². The van der Waals surface area contributed by atoms with E-state index in [1.54, 1.807) is 6.07 Å². The zero-order chi connectivity index (χ0) is 12.9. The summed E-state index contributed by atoms with van der Waals surface area (Å²) in [5.41, 5.74) is -0.683. The number of rotatable bonds is 4. The minimum atomic E-state index is -4.47. The first kappa shape index (κ1) is 13.3. The van der Waals surface area contributed by atoms with E-state index in [1.165, 1.54) is 6.07 Å². The highest BCUT2D eigenvalue weighted by molar-refractivity contribution is 5.58. The van der Waals surface area contributed by atoms with Crippen LogP contribution >= 0.6 is 0 Å². The van der Waals surface area contributed by atoms with Gasteiger partial charge < -0.3 is 5.32 Å². The molecule has 0 saturated carbocycles. The molecule has 1 aromatic rings. The molecule has 0 atom stereocenters. The lowest BCUT2D eigenvalue weighted by Crippen LogP contribution is -2.08. The predicted octanol–water partition coefficient (Wildman–Crippen LogP) is 3.35. The first-order valence-corrected chi connectivity index (χ1v) is 4.90.